The summed E-state index contributed by atoms with van der Waals surface area (Å²) in [4.78, 5) is 0.521. The Hall–Kier alpha value is -0.845. The molecule has 1 atom stereocenters. The van der Waals surface area contributed by atoms with E-state index >= 15 is 0 Å². The van der Waals surface area contributed by atoms with Crippen molar-refractivity contribution in [2.24, 2.45) is 0 Å². The lowest BCUT2D eigenvalue weighted by Gasteiger charge is -2.32. The molecule has 1 aliphatic heterocycles. The summed E-state index contributed by atoms with van der Waals surface area (Å²) in [5, 5.41) is 0. The van der Waals surface area contributed by atoms with E-state index in [2.05, 4.69) is 0 Å². The van der Waals surface area contributed by atoms with Crippen molar-refractivity contribution in [1.29, 1.82) is 4.78 Å². The van der Waals surface area contributed by atoms with E-state index in [1.807, 2.05) is 39.8 Å². The molecule has 1 unspecified atom stereocenters. The Morgan fingerprint density at radius 3 is 1.84 bits per heavy atom. The van der Waals surface area contributed by atoms with Crippen LogP contribution in [0.1, 0.15) is 27.7 Å². The van der Waals surface area contributed by atoms with Gasteiger partial charge in [-0.3, -0.25) is 0 Å². The molecule has 1 aromatic rings. The van der Waals surface area contributed by atoms with Gasteiger partial charge in [0.05, 0.1) is 20.9 Å². The van der Waals surface area contributed by atoms with Crippen molar-refractivity contribution in [3.63, 3.8) is 0 Å². The number of rotatable bonds is 2. The van der Waals surface area contributed by atoms with Crippen LogP contribution in [0, 0.1) is 4.78 Å². The van der Waals surface area contributed by atoms with E-state index in [4.69, 9.17) is 14.1 Å². The third kappa shape index (κ3) is 2.71. The Bertz CT molecular complexity index is 562. The summed E-state index contributed by atoms with van der Waals surface area (Å²) in [6.07, 6.45) is 1.41. The molecule has 6 heteroatoms. The van der Waals surface area contributed by atoms with Crippen LogP contribution in [0.25, 0.3) is 0 Å². The fraction of sp³-hybridized carbons (Fsp3) is 0.538. The fourth-order valence-corrected chi connectivity index (χ4v) is 2.52. The normalized spacial score (nSPS) is 24.2. The Kier molecular flexibility index (Phi) is 3.32. The first-order valence-corrected chi connectivity index (χ1v) is 8.19. The third-order valence-electron chi connectivity index (χ3n) is 3.86. The summed E-state index contributed by atoms with van der Waals surface area (Å²) in [7, 11) is -3.09. The van der Waals surface area contributed by atoms with Crippen LogP contribution in [0.15, 0.2) is 29.2 Å². The average molecular weight is 281 g/mol. The van der Waals surface area contributed by atoms with Crippen LogP contribution >= 0.6 is 0 Å². The molecule has 1 fully saturated rings. The van der Waals surface area contributed by atoms with Crippen LogP contribution in [-0.4, -0.2) is 28.8 Å². The summed E-state index contributed by atoms with van der Waals surface area (Å²) < 4.78 is 31.0. The van der Waals surface area contributed by atoms with Gasteiger partial charge in [0.2, 0.25) is 0 Å². The second-order valence-corrected chi connectivity index (χ2v) is 8.16. The molecule has 104 valence electrons. The Labute approximate surface area is 115 Å². The van der Waals surface area contributed by atoms with Gasteiger partial charge in [-0.1, -0.05) is 12.1 Å². The topological polar surface area (TPSA) is 59.4 Å². The van der Waals surface area contributed by atoms with Crippen LogP contribution in [0.3, 0.4) is 0 Å². The third-order valence-corrected chi connectivity index (χ3v) is 5.03. The highest BCUT2D eigenvalue weighted by Gasteiger charge is 2.51. The van der Waals surface area contributed by atoms with E-state index < -0.39 is 16.8 Å². The zero-order valence-electron chi connectivity index (χ0n) is 12.0. The van der Waals surface area contributed by atoms with Gasteiger partial charge in [0, 0.05) is 11.2 Å². The molecule has 2 rings (SSSR count). The van der Waals surface area contributed by atoms with Crippen LogP contribution in [0.4, 0.5) is 0 Å². The van der Waals surface area contributed by atoms with E-state index in [1.165, 1.54) is 6.26 Å². The molecule has 19 heavy (non-hydrogen) atoms. The molecule has 0 aromatic heterocycles. The highest BCUT2D eigenvalue weighted by atomic mass is 32.2. The molecule has 0 amide bonds. The first-order chi connectivity index (χ1) is 8.53. The molecule has 1 saturated heterocycles. The first kappa shape index (κ1) is 14.6. The van der Waals surface area contributed by atoms with Crippen LogP contribution in [0.5, 0.6) is 0 Å². The van der Waals surface area contributed by atoms with Gasteiger partial charge in [-0.25, -0.2) is 8.99 Å². The quantitative estimate of drug-likeness (QED) is 0.844. The number of hydrogen-bond acceptors (Lipinski definition) is 4. The van der Waals surface area contributed by atoms with Crippen molar-refractivity contribution in [3.8, 4) is 0 Å². The maximum absolute atomic E-state index is 11.6. The molecular formula is C13H20BNO3S. The highest BCUT2D eigenvalue weighted by molar-refractivity contribution is 7.91. The van der Waals surface area contributed by atoms with Gasteiger partial charge < -0.3 is 9.31 Å². The largest absolute Gasteiger partial charge is 0.494 e. The van der Waals surface area contributed by atoms with Crippen molar-refractivity contribution in [2.75, 3.05) is 6.26 Å². The molecule has 0 spiro atoms. The van der Waals surface area contributed by atoms with Crippen molar-refractivity contribution < 1.29 is 13.5 Å². The average Bonchev–Trinajstić information content (AvgIpc) is 2.47. The predicted octanol–water partition coefficient (Wildman–Crippen LogP) is 2.02. The molecule has 1 heterocycles. The van der Waals surface area contributed by atoms with E-state index in [0.717, 1.165) is 5.46 Å². The summed E-state index contributed by atoms with van der Waals surface area (Å²) in [5.41, 5.74) is 0.139. The lowest BCUT2D eigenvalue weighted by Crippen LogP contribution is -2.41. The first-order valence-electron chi connectivity index (χ1n) is 6.22. The van der Waals surface area contributed by atoms with Gasteiger partial charge in [0.1, 0.15) is 0 Å². The molecule has 0 bridgehead atoms. The summed E-state index contributed by atoms with van der Waals surface area (Å²) in [5.74, 6) is 0. The Balaban J connectivity index is 2.26. The molecule has 4 nitrogen and oxygen atoms in total. The minimum absolute atomic E-state index is 0.371. The van der Waals surface area contributed by atoms with Crippen molar-refractivity contribution >= 4 is 22.3 Å². The highest BCUT2D eigenvalue weighted by Crippen LogP contribution is 2.36. The maximum atomic E-state index is 11.6. The molecule has 0 aliphatic carbocycles. The minimum atomic E-state index is -2.67. The van der Waals surface area contributed by atoms with E-state index in [9.17, 15) is 4.21 Å². The predicted molar refractivity (Wildman–Crippen MR) is 77.2 cm³/mol. The SMILES string of the molecule is CC1(C)OB(c2ccc(S(C)(=N)=O)cc2)OC1(C)C. The number of nitrogens with one attached hydrogen (secondary N) is 1. The lowest BCUT2D eigenvalue weighted by molar-refractivity contribution is 0.00578. The molecule has 1 aromatic carbocycles. The second kappa shape index (κ2) is 4.33. The van der Waals surface area contributed by atoms with Gasteiger partial charge in [-0.05, 0) is 45.3 Å². The summed E-state index contributed by atoms with van der Waals surface area (Å²) >= 11 is 0. The zero-order chi connectivity index (χ0) is 14.5. The van der Waals surface area contributed by atoms with Crippen LogP contribution < -0.4 is 5.46 Å². The smallest absolute Gasteiger partial charge is 0.399 e. The lowest BCUT2D eigenvalue weighted by atomic mass is 9.79. The van der Waals surface area contributed by atoms with E-state index in [-0.39, 0.29) is 11.2 Å². The molecular weight excluding hydrogens is 261 g/mol. The Morgan fingerprint density at radius 1 is 1.05 bits per heavy atom. The van der Waals surface area contributed by atoms with Crippen LogP contribution in [-0.2, 0) is 19.0 Å². The van der Waals surface area contributed by atoms with Crippen molar-refractivity contribution in [1.82, 2.24) is 0 Å². The molecule has 1 aliphatic rings. The van der Waals surface area contributed by atoms with Gasteiger partial charge in [-0.15, -0.1) is 0 Å². The zero-order valence-corrected chi connectivity index (χ0v) is 12.8. The number of benzene rings is 1. The monoisotopic (exact) mass is 281 g/mol. The van der Waals surface area contributed by atoms with Gasteiger partial charge in [0.15, 0.2) is 0 Å². The number of hydrogen-bond donors (Lipinski definition) is 1. The molecule has 1 N–H and O–H groups in total. The van der Waals surface area contributed by atoms with E-state index in [1.54, 1.807) is 12.1 Å². The summed E-state index contributed by atoms with van der Waals surface area (Å²) in [6, 6.07) is 7.04. The van der Waals surface area contributed by atoms with Crippen molar-refractivity contribution in [2.45, 2.75) is 43.8 Å². The summed E-state index contributed by atoms with van der Waals surface area (Å²) in [6.45, 7) is 8.02. The Morgan fingerprint density at radius 2 is 1.47 bits per heavy atom. The van der Waals surface area contributed by atoms with Crippen LogP contribution in [0.2, 0.25) is 0 Å². The fourth-order valence-electron chi connectivity index (χ4n) is 1.86. The standard InChI is InChI=1S/C13H20BNO3S/c1-12(2)13(3,4)18-14(17-12)10-6-8-11(9-7-10)19(5,15)16/h6-9,15H,1-5H3. The van der Waals surface area contributed by atoms with Gasteiger partial charge >= 0.3 is 7.12 Å². The molecule has 0 radical (unpaired) electrons. The maximum Gasteiger partial charge on any atom is 0.494 e. The van der Waals surface area contributed by atoms with E-state index in [0.29, 0.717) is 4.90 Å². The van der Waals surface area contributed by atoms with Gasteiger partial charge in [0.25, 0.3) is 0 Å². The molecule has 0 saturated carbocycles. The second-order valence-electron chi connectivity index (χ2n) is 6.00. The van der Waals surface area contributed by atoms with Crippen molar-refractivity contribution in [3.05, 3.63) is 24.3 Å². The minimum Gasteiger partial charge on any atom is -0.399 e. The van der Waals surface area contributed by atoms with Gasteiger partial charge in [-0.2, -0.15) is 0 Å².